The molecule has 4 aromatic rings. The van der Waals surface area contributed by atoms with E-state index in [9.17, 15) is 13.2 Å². The molecule has 1 aliphatic rings. The number of anilines is 1. The van der Waals surface area contributed by atoms with E-state index in [1.807, 2.05) is 30.2 Å². The van der Waals surface area contributed by atoms with Crippen LogP contribution in [0.25, 0.3) is 16.9 Å². The SMILES string of the molecule is Cc1nc(N2CCN(S(=O)(=O)c3ccc4oc(=O)n(C)c4c3)CC2)cc(-n2cccn2)n1. The van der Waals surface area contributed by atoms with Crippen LogP contribution in [0.15, 0.2) is 56.8 Å². The van der Waals surface area contributed by atoms with Crippen LogP contribution in [0.5, 0.6) is 0 Å². The molecule has 0 N–H and O–H groups in total. The fourth-order valence-corrected chi connectivity index (χ4v) is 5.24. The summed E-state index contributed by atoms with van der Waals surface area (Å²) in [5.74, 6) is 1.47. The maximum absolute atomic E-state index is 13.2. The average molecular weight is 456 g/mol. The minimum atomic E-state index is -3.72. The summed E-state index contributed by atoms with van der Waals surface area (Å²) in [6, 6.07) is 8.13. The van der Waals surface area contributed by atoms with Crippen LogP contribution in [-0.4, -0.2) is 63.2 Å². The molecular formula is C20H21N7O4S. The molecule has 0 spiro atoms. The maximum atomic E-state index is 13.2. The van der Waals surface area contributed by atoms with Crippen molar-refractivity contribution in [1.82, 2.24) is 28.6 Å². The molecule has 0 atom stereocenters. The predicted molar refractivity (Wildman–Crippen MR) is 116 cm³/mol. The number of nitrogens with zero attached hydrogens (tertiary/aromatic N) is 7. The van der Waals surface area contributed by atoms with E-state index in [2.05, 4.69) is 15.1 Å². The van der Waals surface area contributed by atoms with Gasteiger partial charge in [0.15, 0.2) is 11.4 Å². The Bertz CT molecular complexity index is 1450. The van der Waals surface area contributed by atoms with Gasteiger partial charge in [-0.1, -0.05) is 0 Å². The molecule has 1 aromatic carbocycles. The molecule has 32 heavy (non-hydrogen) atoms. The molecule has 1 saturated heterocycles. The largest absolute Gasteiger partial charge is 0.419 e. The number of hydrogen-bond acceptors (Lipinski definition) is 8. The number of hydrogen-bond donors (Lipinski definition) is 0. The molecule has 0 amide bonds. The van der Waals surface area contributed by atoms with E-state index in [-0.39, 0.29) is 4.90 Å². The lowest BCUT2D eigenvalue weighted by atomic mass is 10.3. The van der Waals surface area contributed by atoms with Gasteiger partial charge >= 0.3 is 5.76 Å². The molecule has 0 saturated carbocycles. The van der Waals surface area contributed by atoms with Crippen LogP contribution >= 0.6 is 0 Å². The Morgan fingerprint density at radius 3 is 2.50 bits per heavy atom. The lowest BCUT2D eigenvalue weighted by Gasteiger charge is -2.34. The summed E-state index contributed by atoms with van der Waals surface area (Å²) in [6.07, 6.45) is 3.49. The minimum Gasteiger partial charge on any atom is -0.408 e. The highest BCUT2D eigenvalue weighted by molar-refractivity contribution is 7.89. The Balaban J connectivity index is 1.37. The topological polar surface area (TPSA) is 119 Å². The molecule has 12 heteroatoms. The first kappa shape index (κ1) is 20.4. The van der Waals surface area contributed by atoms with Crippen molar-refractivity contribution in [3.05, 3.63) is 59.1 Å². The van der Waals surface area contributed by atoms with Crippen molar-refractivity contribution in [3.8, 4) is 5.82 Å². The monoisotopic (exact) mass is 455 g/mol. The Morgan fingerprint density at radius 1 is 1.03 bits per heavy atom. The Labute approximate surface area is 183 Å². The zero-order valence-corrected chi connectivity index (χ0v) is 18.4. The van der Waals surface area contributed by atoms with Gasteiger partial charge in [0.25, 0.3) is 0 Å². The summed E-state index contributed by atoms with van der Waals surface area (Å²) in [5, 5.41) is 4.21. The van der Waals surface area contributed by atoms with Crippen LogP contribution in [0.3, 0.4) is 0 Å². The summed E-state index contributed by atoms with van der Waals surface area (Å²) < 4.78 is 35.9. The molecule has 0 aliphatic carbocycles. The van der Waals surface area contributed by atoms with E-state index < -0.39 is 15.8 Å². The Kier molecular flexibility index (Phi) is 4.82. The predicted octanol–water partition coefficient (Wildman–Crippen LogP) is 0.927. The molecule has 0 unspecified atom stereocenters. The molecule has 0 bridgehead atoms. The number of aromatic nitrogens is 5. The van der Waals surface area contributed by atoms with Crippen LogP contribution in [0.4, 0.5) is 5.82 Å². The number of piperazine rings is 1. The van der Waals surface area contributed by atoms with Crippen molar-refractivity contribution in [2.24, 2.45) is 7.05 Å². The lowest BCUT2D eigenvalue weighted by Crippen LogP contribution is -2.49. The van der Waals surface area contributed by atoms with Crippen molar-refractivity contribution in [1.29, 1.82) is 0 Å². The molecule has 1 aliphatic heterocycles. The third kappa shape index (κ3) is 3.46. The quantitative estimate of drug-likeness (QED) is 0.446. The van der Waals surface area contributed by atoms with Crippen LogP contribution in [-0.2, 0) is 17.1 Å². The molecule has 11 nitrogen and oxygen atoms in total. The first-order chi connectivity index (χ1) is 15.3. The summed E-state index contributed by atoms with van der Waals surface area (Å²) in [7, 11) is -2.17. The van der Waals surface area contributed by atoms with Gasteiger partial charge in [-0.3, -0.25) is 4.57 Å². The molecule has 5 rings (SSSR count). The number of fused-ring (bicyclic) bond motifs is 1. The van der Waals surface area contributed by atoms with E-state index in [1.165, 1.54) is 27.1 Å². The summed E-state index contributed by atoms with van der Waals surface area (Å²) in [6.45, 7) is 3.41. The highest BCUT2D eigenvalue weighted by atomic mass is 32.2. The van der Waals surface area contributed by atoms with Gasteiger partial charge in [0.05, 0.1) is 10.4 Å². The number of aryl methyl sites for hydroxylation is 2. The van der Waals surface area contributed by atoms with Gasteiger partial charge < -0.3 is 9.32 Å². The first-order valence-corrected chi connectivity index (χ1v) is 11.5. The van der Waals surface area contributed by atoms with Gasteiger partial charge in [0.2, 0.25) is 10.0 Å². The standard InChI is InChI=1S/C20H21N7O4S/c1-14-22-18(13-19(23-14)27-7-3-6-21-27)25-8-10-26(11-9-25)32(29,30)15-4-5-17-16(12-15)24(2)20(28)31-17/h3-7,12-13H,8-11H2,1-2H3. The normalized spacial score (nSPS) is 15.5. The van der Waals surface area contributed by atoms with Gasteiger partial charge in [-0.05, 0) is 31.2 Å². The molecule has 1 fully saturated rings. The van der Waals surface area contributed by atoms with Crippen LogP contribution < -0.4 is 10.7 Å². The van der Waals surface area contributed by atoms with Gasteiger partial charge in [0, 0.05) is 51.7 Å². The lowest BCUT2D eigenvalue weighted by molar-refractivity contribution is 0.383. The van der Waals surface area contributed by atoms with E-state index in [0.29, 0.717) is 48.9 Å². The van der Waals surface area contributed by atoms with Gasteiger partial charge in [-0.15, -0.1) is 0 Å². The summed E-state index contributed by atoms with van der Waals surface area (Å²) >= 11 is 0. The van der Waals surface area contributed by atoms with Gasteiger partial charge in [-0.2, -0.15) is 9.40 Å². The van der Waals surface area contributed by atoms with Crippen LogP contribution in [0.2, 0.25) is 0 Å². The molecule has 0 radical (unpaired) electrons. The summed E-state index contributed by atoms with van der Waals surface area (Å²) in [4.78, 5) is 22.8. The van der Waals surface area contributed by atoms with E-state index in [0.717, 1.165) is 5.82 Å². The fourth-order valence-electron chi connectivity index (χ4n) is 3.79. The molecule has 166 valence electrons. The van der Waals surface area contributed by atoms with Gasteiger partial charge in [-0.25, -0.2) is 27.9 Å². The molecular weight excluding hydrogens is 434 g/mol. The van der Waals surface area contributed by atoms with E-state index >= 15 is 0 Å². The Hall–Kier alpha value is -3.51. The Morgan fingerprint density at radius 2 is 1.78 bits per heavy atom. The second kappa shape index (κ2) is 7.57. The molecule has 4 heterocycles. The summed E-state index contributed by atoms with van der Waals surface area (Å²) in [5.41, 5.74) is 0.797. The van der Waals surface area contributed by atoms with Crippen molar-refractivity contribution in [2.45, 2.75) is 11.8 Å². The molecule has 3 aromatic heterocycles. The zero-order valence-electron chi connectivity index (χ0n) is 17.5. The fraction of sp³-hybridized carbons (Fsp3) is 0.300. The third-order valence-electron chi connectivity index (χ3n) is 5.51. The number of rotatable bonds is 4. The van der Waals surface area contributed by atoms with Crippen LogP contribution in [0.1, 0.15) is 5.82 Å². The third-order valence-corrected chi connectivity index (χ3v) is 7.41. The second-order valence-electron chi connectivity index (χ2n) is 7.53. The van der Waals surface area contributed by atoms with Crippen molar-refractivity contribution in [3.63, 3.8) is 0 Å². The van der Waals surface area contributed by atoms with E-state index in [1.54, 1.807) is 17.9 Å². The number of oxazole rings is 1. The first-order valence-electron chi connectivity index (χ1n) is 10.0. The number of sulfonamides is 1. The van der Waals surface area contributed by atoms with Crippen molar-refractivity contribution < 1.29 is 12.8 Å². The average Bonchev–Trinajstić information content (AvgIpc) is 3.42. The smallest absolute Gasteiger partial charge is 0.408 e. The highest BCUT2D eigenvalue weighted by Crippen LogP contribution is 2.24. The second-order valence-corrected chi connectivity index (χ2v) is 9.47. The highest BCUT2D eigenvalue weighted by Gasteiger charge is 2.30. The minimum absolute atomic E-state index is 0.133. The van der Waals surface area contributed by atoms with E-state index in [4.69, 9.17) is 4.42 Å². The zero-order chi connectivity index (χ0) is 22.5. The van der Waals surface area contributed by atoms with Crippen molar-refractivity contribution >= 4 is 26.9 Å². The van der Waals surface area contributed by atoms with Gasteiger partial charge in [0.1, 0.15) is 11.6 Å². The van der Waals surface area contributed by atoms with Crippen molar-refractivity contribution in [2.75, 3.05) is 31.1 Å². The number of benzene rings is 1. The van der Waals surface area contributed by atoms with Crippen LogP contribution in [0, 0.1) is 6.92 Å². The maximum Gasteiger partial charge on any atom is 0.419 e.